The summed E-state index contributed by atoms with van der Waals surface area (Å²) in [5.74, 6) is 0.108. The molecule has 3 rings (SSSR count). The molecule has 0 bridgehead atoms. The number of hydrogen-bond acceptors (Lipinski definition) is 5. The minimum Gasteiger partial charge on any atom is -0.382 e. The summed E-state index contributed by atoms with van der Waals surface area (Å²) in [7, 11) is -3.30. The van der Waals surface area contributed by atoms with Crippen molar-refractivity contribution in [2.45, 2.75) is 24.8 Å². The summed E-state index contributed by atoms with van der Waals surface area (Å²) < 4.78 is 30.5. The predicted octanol–water partition coefficient (Wildman–Crippen LogP) is 3.12. The molecule has 0 aliphatic carbocycles. The number of amides is 1. The maximum Gasteiger partial charge on any atom is 0.257 e. The zero-order valence-corrected chi connectivity index (χ0v) is 16.7. The molecule has 8 heteroatoms. The fourth-order valence-electron chi connectivity index (χ4n) is 2.89. The Morgan fingerprint density at radius 2 is 1.86 bits per heavy atom. The number of ether oxygens (including phenoxy) is 1. The number of aromatic nitrogens is 2. The molecule has 3 aromatic rings. The average Bonchev–Trinajstić information content (AvgIpc) is 3.02. The Morgan fingerprint density at radius 3 is 2.54 bits per heavy atom. The van der Waals surface area contributed by atoms with Gasteiger partial charge in [0.15, 0.2) is 9.84 Å². The Balaban J connectivity index is 1.83. The van der Waals surface area contributed by atoms with Crippen LogP contribution in [0.25, 0.3) is 11.0 Å². The van der Waals surface area contributed by atoms with Gasteiger partial charge in [-0.1, -0.05) is 12.1 Å². The van der Waals surface area contributed by atoms with Crippen LogP contribution in [0.5, 0.6) is 0 Å². The molecule has 0 atom stereocenters. The van der Waals surface area contributed by atoms with E-state index < -0.39 is 9.84 Å². The van der Waals surface area contributed by atoms with Gasteiger partial charge in [-0.25, -0.2) is 13.4 Å². The zero-order chi connectivity index (χ0) is 20.1. The van der Waals surface area contributed by atoms with E-state index in [1.165, 1.54) is 24.3 Å². The summed E-state index contributed by atoms with van der Waals surface area (Å²) >= 11 is 0. The highest BCUT2D eigenvalue weighted by atomic mass is 32.2. The SMILES string of the molecule is CCOCCCn1c(NC(=O)c2ccc(S(C)(=O)=O)cc2)nc2ccccc21. The van der Waals surface area contributed by atoms with Crippen molar-refractivity contribution in [1.29, 1.82) is 0 Å². The second-order valence-corrected chi connectivity index (χ2v) is 8.39. The zero-order valence-electron chi connectivity index (χ0n) is 15.9. The van der Waals surface area contributed by atoms with Crippen LogP contribution in [0.3, 0.4) is 0 Å². The Kier molecular flexibility index (Phi) is 6.11. The van der Waals surface area contributed by atoms with E-state index in [4.69, 9.17) is 4.74 Å². The average molecular weight is 401 g/mol. The van der Waals surface area contributed by atoms with Crippen molar-refractivity contribution in [3.05, 3.63) is 54.1 Å². The van der Waals surface area contributed by atoms with Gasteiger partial charge in [-0.2, -0.15) is 0 Å². The van der Waals surface area contributed by atoms with E-state index in [1.807, 2.05) is 35.8 Å². The van der Waals surface area contributed by atoms with Crippen molar-refractivity contribution in [3.63, 3.8) is 0 Å². The van der Waals surface area contributed by atoms with Crippen molar-refractivity contribution in [3.8, 4) is 0 Å². The highest BCUT2D eigenvalue weighted by molar-refractivity contribution is 7.90. The molecule has 0 radical (unpaired) electrons. The number of anilines is 1. The lowest BCUT2D eigenvalue weighted by Gasteiger charge is -2.10. The molecule has 7 nitrogen and oxygen atoms in total. The van der Waals surface area contributed by atoms with Crippen LogP contribution in [0.4, 0.5) is 5.95 Å². The summed E-state index contributed by atoms with van der Waals surface area (Å²) in [6.45, 7) is 3.90. The van der Waals surface area contributed by atoms with Gasteiger partial charge in [0.25, 0.3) is 5.91 Å². The number of para-hydroxylation sites is 2. The highest BCUT2D eigenvalue weighted by Crippen LogP contribution is 2.21. The number of sulfone groups is 1. The van der Waals surface area contributed by atoms with Crippen LogP contribution >= 0.6 is 0 Å². The van der Waals surface area contributed by atoms with E-state index in [1.54, 1.807) is 0 Å². The number of benzene rings is 2. The molecule has 1 aromatic heterocycles. The van der Waals surface area contributed by atoms with Crippen molar-refractivity contribution in [2.75, 3.05) is 24.8 Å². The predicted molar refractivity (Wildman–Crippen MR) is 108 cm³/mol. The molecular formula is C20H23N3O4S. The van der Waals surface area contributed by atoms with Gasteiger partial charge in [-0.15, -0.1) is 0 Å². The minimum atomic E-state index is -3.30. The molecule has 0 aliphatic heterocycles. The van der Waals surface area contributed by atoms with Crippen LogP contribution in [0.2, 0.25) is 0 Å². The second-order valence-electron chi connectivity index (χ2n) is 6.38. The van der Waals surface area contributed by atoms with Gasteiger partial charge in [0.05, 0.1) is 15.9 Å². The van der Waals surface area contributed by atoms with Crippen LogP contribution in [0.1, 0.15) is 23.7 Å². The van der Waals surface area contributed by atoms with Gasteiger partial charge in [-0.05, 0) is 49.7 Å². The van der Waals surface area contributed by atoms with Crippen LogP contribution < -0.4 is 5.32 Å². The van der Waals surface area contributed by atoms with Gasteiger partial charge in [0.1, 0.15) is 0 Å². The number of carbonyl (C=O) groups is 1. The summed E-state index contributed by atoms with van der Waals surface area (Å²) in [4.78, 5) is 17.3. The molecule has 2 aromatic carbocycles. The summed E-state index contributed by atoms with van der Waals surface area (Å²) in [6.07, 6.45) is 1.92. The second kappa shape index (κ2) is 8.53. The standard InChI is InChI=1S/C20H23N3O4S/c1-3-27-14-6-13-23-18-8-5-4-7-17(18)21-20(23)22-19(24)15-9-11-16(12-10-15)28(2,25)26/h4-5,7-12H,3,6,13-14H2,1-2H3,(H,21,22,24). The molecule has 0 aliphatic rings. The first kappa shape index (κ1) is 20.0. The molecule has 0 saturated carbocycles. The Morgan fingerprint density at radius 1 is 1.14 bits per heavy atom. The van der Waals surface area contributed by atoms with Crippen LogP contribution in [0.15, 0.2) is 53.4 Å². The van der Waals surface area contributed by atoms with E-state index in [-0.39, 0.29) is 10.8 Å². The molecule has 0 unspecified atom stereocenters. The lowest BCUT2D eigenvalue weighted by Crippen LogP contribution is -2.16. The fraction of sp³-hybridized carbons (Fsp3) is 0.300. The molecule has 0 saturated heterocycles. The van der Waals surface area contributed by atoms with E-state index in [2.05, 4.69) is 10.3 Å². The Labute approximate surface area is 164 Å². The lowest BCUT2D eigenvalue weighted by atomic mass is 10.2. The van der Waals surface area contributed by atoms with Gasteiger partial charge < -0.3 is 9.30 Å². The Bertz CT molecular complexity index is 1070. The molecule has 28 heavy (non-hydrogen) atoms. The minimum absolute atomic E-state index is 0.173. The van der Waals surface area contributed by atoms with Crippen LogP contribution in [-0.4, -0.2) is 43.3 Å². The number of aryl methyl sites for hydroxylation is 1. The molecule has 0 fully saturated rings. The first-order valence-corrected chi connectivity index (χ1v) is 10.9. The molecule has 0 spiro atoms. The maximum absolute atomic E-state index is 12.6. The molecule has 1 heterocycles. The van der Waals surface area contributed by atoms with Crippen molar-refractivity contribution >= 4 is 32.7 Å². The third kappa shape index (κ3) is 4.58. The van der Waals surface area contributed by atoms with Crippen molar-refractivity contribution in [2.24, 2.45) is 0 Å². The highest BCUT2D eigenvalue weighted by Gasteiger charge is 2.15. The topological polar surface area (TPSA) is 90.3 Å². The van der Waals surface area contributed by atoms with E-state index in [0.717, 1.165) is 23.7 Å². The third-order valence-corrected chi connectivity index (χ3v) is 5.43. The van der Waals surface area contributed by atoms with E-state index >= 15 is 0 Å². The first-order chi connectivity index (χ1) is 13.4. The largest absolute Gasteiger partial charge is 0.382 e. The number of nitrogens with zero attached hydrogens (tertiary/aromatic N) is 2. The Hall–Kier alpha value is -2.71. The quantitative estimate of drug-likeness (QED) is 0.586. The van der Waals surface area contributed by atoms with Crippen LogP contribution in [0, 0.1) is 0 Å². The fourth-order valence-corrected chi connectivity index (χ4v) is 3.52. The summed E-state index contributed by atoms with van der Waals surface area (Å²) in [5, 5.41) is 2.84. The van der Waals surface area contributed by atoms with Crippen LogP contribution in [-0.2, 0) is 21.1 Å². The summed E-state index contributed by atoms with van der Waals surface area (Å²) in [6, 6.07) is 13.5. The van der Waals surface area contributed by atoms with Crippen molar-refractivity contribution in [1.82, 2.24) is 9.55 Å². The molecule has 1 amide bonds. The molecule has 148 valence electrons. The smallest absolute Gasteiger partial charge is 0.257 e. The lowest BCUT2D eigenvalue weighted by molar-refractivity contribution is 0.102. The van der Waals surface area contributed by atoms with Gasteiger partial charge >= 0.3 is 0 Å². The number of carbonyl (C=O) groups excluding carboxylic acids is 1. The normalized spacial score (nSPS) is 11.6. The molecular weight excluding hydrogens is 378 g/mol. The van der Waals surface area contributed by atoms with Crippen molar-refractivity contribution < 1.29 is 17.9 Å². The summed E-state index contributed by atoms with van der Waals surface area (Å²) in [5.41, 5.74) is 2.09. The van der Waals surface area contributed by atoms with E-state index in [0.29, 0.717) is 31.3 Å². The maximum atomic E-state index is 12.6. The van der Waals surface area contributed by atoms with Gasteiger partial charge in [0.2, 0.25) is 5.95 Å². The molecule has 1 N–H and O–H groups in total. The number of rotatable bonds is 8. The number of hydrogen-bond donors (Lipinski definition) is 1. The number of fused-ring (bicyclic) bond motifs is 1. The van der Waals surface area contributed by atoms with E-state index in [9.17, 15) is 13.2 Å². The number of nitrogens with one attached hydrogen (secondary N) is 1. The third-order valence-electron chi connectivity index (χ3n) is 4.30. The van der Waals surface area contributed by atoms with Gasteiger partial charge in [0, 0.05) is 31.6 Å². The monoisotopic (exact) mass is 401 g/mol. The number of imidazole rings is 1. The first-order valence-electron chi connectivity index (χ1n) is 9.04. The van der Waals surface area contributed by atoms with Gasteiger partial charge in [-0.3, -0.25) is 10.1 Å².